The Morgan fingerprint density at radius 1 is 1.17 bits per heavy atom. The third-order valence-corrected chi connectivity index (χ3v) is 5.45. The molecule has 7 heteroatoms. The Balaban J connectivity index is 1.77. The van der Waals surface area contributed by atoms with Crippen LogP contribution in [0.25, 0.3) is 11.3 Å². The number of anilines is 1. The van der Waals surface area contributed by atoms with Crippen molar-refractivity contribution in [3.63, 3.8) is 0 Å². The van der Waals surface area contributed by atoms with E-state index in [9.17, 15) is 5.11 Å². The molecule has 1 aliphatic rings. The number of aliphatic imine (C=N–C) groups is 1. The average molecular weight is 409 g/mol. The highest BCUT2D eigenvalue weighted by Crippen LogP contribution is 2.34. The number of phenols is 1. The number of rotatable bonds is 6. The van der Waals surface area contributed by atoms with Gasteiger partial charge in [-0.2, -0.15) is 0 Å². The number of benzene rings is 1. The lowest BCUT2D eigenvalue weighted by molar-refractivity contribution is 0.160. The smallest absolute Gasteiger partial charge is 0.151 e. The summed E-state index contributed by atoms with van der Waals surface area (Å²) in [6.07, 6.45) is 5.43. The van der Waals surface area contributed by atoms with E-state index in [1.54, 1.807) is 18.3 Å². The van der Waals surface area contributed by atoms with Crippen LogP contribution in [-0.4, -0.2) is 51.9 Å². The fraction of sp³-hybridized carbons (Fsp3) is 0.478. The summed E-state index contributed by atoms with van der Waals surface area (Å²) in [4.78, 5) is 6.43. The van der Waals surface area contributed by atoms with Gasteiger partial charge in [-0.3, -0.25) is 4.99 Å². The molecule has 160 valence electrons. The lowest BCUT2D eigenvalue weighted by Gasteiger charge is -2.49. The van der Waals surface area contributed by atoms with E-state index >= 15 is 0 Å². The van der Waals surface area contributed by atoms with Crippen molar-refractivity contribution in [2.45, 2.75) is 64.1 Å². The molecule has 1 aliphatic heterocycles. The SMILES string of the molecule is CN(c1ccc(-c2ccc(N=CCC=N)cc2O)nn1)C1CC(C)(C)NC(C)(C)C1. The number of hydrogen-bond acceptors (Lipinski definition) is 7. The van der Waals surface area contributed by atoms with E-state index in [0.29, 0.717) is 29.4 Å². The summed E-state index contributed by atoms with van der Waals surface area (Å²) >= 11 is 0. The van der Waals surface area contributed by atoms with Crippen LogP contribution in [0.3, 0.4) is 0 Å². The Labute approximate surface area is 178 Å². The van der Waals surface area contributed by atoms with Crippen molar-refractivity contribution in [3.8, 4) is 17.0 Å². The first-order valence-electron chi connectivity index (χ1n) is 10.3. The first-order chi connectivity index (χ1) is 14.1. The molecule has 3 N–H and O–H groups in total. The molecule has 0 amide bonds. The van der Waals surface area contributed by atoms with Crippen LogP contribution in [0.4, 0.5) is 11.5 Å². The topological polar surface area (TPSA) is 97.5 Å². The summed E-state index contributed by atoms with van der Waals surface area (Å²) in [5.41, 5.74) is 1.99. The zero-order chi connectivity index (χ0) is 21.9. The zero-order valence-electron chi connectivity index (χ0n) is 18.5. The minimum atomic E-state index is 0.0583. The molecule has 1 aromatic carbocycles. The van der Waals surface area contributed by atoms with E-state index in [4.69, 9.17) is 5.41 Å². The van der Waals surface area contributed by atoms with E-state index in [1.165, 1.54) is 6.21 Å². The second kappa shape index (κ2) is 8.52. The van der Waals surface area contributed by atoms with Crippen LogP contribution in [0.2, 0.25) is 0 Å². The quantitative estimate of drug-likeness (QED) is 0.618. The van der Waals surface area contributed by atoms with Gasteiger partial charge in [0.05, 0.1) is 11.4 Å². The van der Waals surface area contributed by atoms with Gasteiger partial charge >= 0.3 is 0 Å². The molecular weight excluding hydrogens is 376 g/mol. The predicted octanol–water partition coefficient (Wildman–Crippen LogP) is 4.34. The van der Waals surface area contributed by atoms with Gasteiger partial charge in [-0.15, -0.1) is 10.2 Å². The number of phenolic OH excluding ortho intramolecular Hbond substituents is 1. The van der Waals surface area contributed by atoms with Gasteiger partial charge in [0.15, 0.2) is 5.82 Å². The number of nitrogens with one attached hydrogen (secondary N) is 2. The van der Waals surface area contributed by atoms with Crippen LogP contribution in [-0.2, 0) is 0 Å². The molecule has 2 heterocycles. The molecule has 0 bridgehead atoms. The van der Waals surface area contributed by atoms with Crippen LogP contribution in [0, 0.1) is 5.41 Å². The molecule has 30 heavy (non-hydrogen) atoms. The van der Waals surface area contributed by atoms with Crippen LogP contribution in [0.1, 0.15) is 47.0 Å². The van der Waals surface area contributed by atoms with Crippen molar-refractivity contribution in [2.75, 3.05) is 11.9 Å². The van der Waals surface area contributed by atoms with E-state index in [0.717, 1.165) is 18.7 Å². The lowest BCUT2D eigenvalue weighted by Crippen LogP contribution is -2.62. The first-order valence-corrected chi connectivity index (χ1v) is 10.3. The summed E-state index contributed by atoms with van der Waals surface area (Å²) in [6.45, 7) is 8.97. The highest BCUT2D eigenvalue weighted by atomic mass is 16.3. The molecule has 2 aromatic rings. The maximum Gasteiger partial charge on any atom is 0.151 e. The van der Waals surface area contributed by atoms with Crippen molar-refractivity contribution in [2.24, 2.45) is 4.99 Å². The van der Waals surface area contributed by atoms with Crippen molar-refractivity contribution in [1.29, 1.82) is 5.41 Å². The van der Waals surface area contributed by atoms with E-state index in [-0.39, 0.29) is 16.8 Å². The van der Waals surface area contributed by atoms with Gasteiger partial charge in [0, 0.05) is 54.6 Å². The van der Waals surface area contributed by atoms with Crippen molar-refractivity contribution in [3.05, 3.63) is 30.3 Å². The van der Waals surface area contributed by atoms with Gasteiger partial charge in [0.2, 0.25) is 0 Å². The summed E-state index contributed by atoms with van der Waals surface area (Å²) in [5.74, 6) is 0.932. The van der Waals surface area contributed by atoms with Gasteiger partial charge < -0.3 is 20.7 Å². The molecule has 1 saturated heterocycles. The van der Waals surface area contributed by atoms with E-state index < -0.39 is 0 Å². The Morgan fingerprint density at radius 2 is 1.87 bits per heavy atom. The molecule has 3 rings (SSSR count). The van der Waals surface area contributed by atoms with Crippen LogP contribution in [0.5, 0.6) is 5.75 Å². The van der Waals surface area contributed by atoms with Crippen molar-refractivity contribution in [1.82, 2.24) is 15.5 Å². The normalized spacial score (nSPS) is 18.4. The van der Waals surface area contributed by atoms with Gasteiger partial charge in [0.25, 0.3) is 0 Å². The average Bonchev–Trinajstić information content (AvgIpc) is 2.65. The van der Waals surface area contributed by atoms with E-state index in [2.05, 4.69) is 60.1 Å². The molecule has 0 atom stereocenters. The Morgan fingerprint density at radius 3 is 2.43 bits per heavy atom. The molecule has 1 fully saturated rings. The molecule has 0 unspecified atom stereocenters. The number of nitrogens with zero attached hydrogens (tertiary/aromatic N) is 4. The van der Waals surface area contributed by atoms with Crippen molar-refractivity contribution < 1.29 is 5.11 Å². The Kier molecular flexibility index (Phi) is 6.22. The largest absolute Gasteiger partial charge is 0.507 e. The predicted molar refractivity (Wildman–Crippen MR) is 123 cm³/mol. The minimum Gasteiger partial charge on any atom is -0.507 e. The minimum absolute atomic E-state index is 0.0583. The van der Waals surface area contributed by atoms with Crippen molar-refractivity contribution >= 4 is 23.9 Å². The number of piperidine rings is 1. The second-order valence-corrected chi connectivity index (χ2v) is 9.30. The highest BCUT2D eigenvalue weighted by Gasteiger charge is 2.39. The highest BCUT2D eigenvalue weighted by molar-refractivity contribution is 5.80. The fourth-order valence-corrected chi connectivity index (χ4v) is 4.41. The summed E-state index contributed by atoms with van der Waals surface area (Å²) in [5, 5.41) is 29.9. The molecular formula is C23H32N6O. The molecule has 0 radical (unpaired) electrons. The monoisotopic (exact) mass is 408 g/mol. The third-order valence-electron chi connectivity index (χ3n) is 5.45. The van der Waals surface area contributed by atoms with Gasteiger partial charge in [-0.25, -0.2) is 0 Å². The summed E-state index contributed by atoms with van der Waals surface area (Å²) < 4.78 is 0. The Bertz CT molecular complexity index is 904. The first kappa shape index (κ1) is 21.9. The van der Waals surface area contributed by atoms with Gasteiger partial charge in [-0.1, -0.05) is 0 Å². The molecule has 0 saturated carbocycles. The van der Waals surface area contributed by atoms with Gasteiger partial charge in [0.1, 0.15) is 5.75 Å². The molecule has 1 aromatic heterocycles. The Hall–Kier alpha value is -2.80. The maximum absolute atomic E-state index is 10.4. The number of hydrogen-bond donors (Lipinski definition) is 3. The van der Waals surface area contributed by atoms with Crippen LogP contribution < -0.4 is 10.2 Å². The number of aromatic nitrogens is 2. The van der Waals surface area contributed by atoms with E-state index in [1.807, 2.05) is 18.2 Å². The third kappa shape index (κ3) is 5.21. The number of aromatic hydroxyl groups is 1. The van der Waals surface area contributed by atoms with Crippen LogP contribution in [0.15, 0.2) is 35.3 Å². The maximum atomic E-state index is 10.4. The van der Waals surface area contributed by atoms with Crippen LogP contribution >= 0.6 is 0 Å². The second-order valence-electron chi connectivity index (χ2n) is 9.30. The molecule has 7 nitrogen and oxygen atoms in total. The molecule has 0 aliphatic carbocycles. The molecule has 0 spiro atoms. The zero-order valence-corrected chi connectivity index (χ0v) is 18.5. The van der Waals surface area contributed by atoms with Gasteiger partial charge in [-0.05, 0) is 64.8 Å². The fourth-order valence-electron chi connectivity index (χ4n) is 4.41. The standard InChI is InChI=1S/C23H32N6O/c1-22(2)14-17(15-23(3,4)28-22)29(5)21-10-9-19(26-27-21)18-8-7-16(13-20(18)30)25-12-6-11-24/h7-13,17,24,28,30H,6,14-15H2,1-5H3. The summed E-state index contributed by atoms with van der Waals surface area (Å²) in [7, 11) is 2.07. The summed E-state index contributed by atoms with van der Waals surface area (Å²) in [6, 6.07) is 9.41. The lowest BCUT2D eigenvalue weighted by atomic mass is 9.79.